The van der Waals surface area contributed by atoms with Crippen molar-refractivity contribution in [3.05, 3.63) is 83.6 Å². The zero-order chi connectivity index (χ0) is 28.9. The normalized spacial score (nSPS) is 48.3. The number of nitrogens with one attached hydrogen (secondary N) is 2. The topological polar surface area (TPSA) is 60.0 Å². The van der Waals surface area contributed by atoms with E-state index in [2.05, 4.69) is 94.2 Å². The number of benzene rings is 2. The molecule has 2 aromatic carbocycles. The van der Waals surface area contributed by atoms with Gasteiger partial charge in [-0.25, -0.2) is 0 Å². The van der Waals surface area contributed by atoms with Crippen LogP contribution in [0.2, 0.25) is 0 Å². The zero-order valence-corrected chi connectivity index (χ0v) is 25.6. The molecule has 2 spiro atoms. The van der Waals surface area contributed by atoms with Gasteiger partial charge in [-0.05, 0) is 73.3 Å². The van der Waals surface area contributed by atoms with Crippen molar-refractivity contribution in [1.29, 1.82) is 0 Å². The predicted octanol–water partition coefficient (Wildman–Crippen LogP) is 4.73. The van der Waals surface area contributed by atoms with Gasteiger partial charge < -0.3 is 25.4 Å². The van der Waals surface area contributed by atoms with E-state index in [0.717, 1.165) is 26.1 Å². The molecule has 11 rings (SSSR count). The van der Waals surface area contributed by atoms with Gasteiger partial charge in [0.2, 0.25) is 0 Å². The number of hydrogen-bond donors (Lipinski definition) is 3. The minimum Gasteiger partial charge on any atom is -0.396 e. The number of allylic oxidation sites excluding steroid dienone is 2. The summed E-state index contributed by atoms with van der Waals surface area (Å²) >= 11 is 0. The van der Waals surface area contributed by atoms with Crippen molar-refractivity contribution in [3.63, 3.8) is 0 Å². The first-order valence-corrected chi connectivity index (χ1v) is 17.5. The predicted molar refractivity (Wildman–Crippen MR) is 171 cm³/mol. The molecule has 2 aliphatic carbocycles. The van der Waals surface area contributed by atoms with Crippen molar-refractivity contribution in [2.75, 3.05) is 36.9 Å². The Kier molecular flexibility index (Phi) is 4.91. The summed E-state index contributed by atoms with van der Waals surface area (Å²) in [6.45, 7) is 5.74. The molecule has 4 saturated heterocycles. The number of rotatable bonds is 3. The fourth-order valence-electron chi connectivity index (χ4n) is 13.3. The van der Waals surface area contributed by atoms with Gasteiger partial charge in [0, 0.05) is 96.1 Å². The Morgan fingerprint density at radius 1 is 0.909 bits per heavy atom. The molecular weight excluding hydrogens is 544 g/mol. The number of hydrogen-bond acceptors (Lipinski definition) is 6. The Morgan fingerprint density at radius 3 is 2.43 bits per heavy atom. The summed E-state index contributed by atoms with van der Waals surface area (Å²) in [5, 5.41) is 19.0. The molecule has 6 fully saturated rings. The third-order valence-corrected chi connectivity index (χ3v) is 14.8. The average molecular weight is 589 g/mol. The highest BCUT2D eigenvalue weighted by molar-refractivity contribution is 5.66. The van der Waals surface area contributed by atoms with Crippen LogP contribution in [-0.2, 0) is 15.6 Å². The second-order valence-corrected chi connectivity index (χ2v) is 15.8. The molecule has 228 valence electrons. The Bertz CT molecular complexity index is 1620. The maximum atomic E-state index is 11.0. The summed E-state index contributed by atoms with van der Waals surface area (Å²) in [4.78, 5) is 5.58. The van der Waals surface area contributed by atoms with E-state index in [-0.39, 0.29) is 29.5 Å². The lowest BCUT2D eigenvalue weighted by atomic mass is 9.52. The Balaban J connectivity index is 0.980. The van der Waals surface area contributed by atoms with Crippen LogP contribution in [0.5, 0.6) is 0 Å². The van der Waals surface area contributed by atoms with Gasteiger partial charge in [-0.2, -0.15) is 0 Å². The Labute approximate surface area is 260 Å². The molecule has 4 bridgehead atoms. The van der Waals surface area contributed by atoms with Crippen molar-refractivity contribution in [3.8, 4) is 0 Å². The number of anilines is 2. The van der Waals surface area contributed by atoms with E-state index in [1.165, 1.54) is 41.8 Å². The lowest BCUT2D eigenvalue weighted by Gasteiger charge is -2.62. The molecule has 0 unspecified atom stereocenters. The van der Waals surface area contributed by atoms with Gasteiger partial charge >= 0.3 is 0 Å². The van der Waals surface area contributed by atoms with E-state index in [1.807, 2.05) is 0 Å². The molecule has 0 aromatic heterocycles. The molecular formula is C38H44N4O2. The number of para-hydroxylation sites is 2. The van der Waals surface area contributed by atoms with Crippen LogP contribution in [0.15, 0.2) is 72.5 Å². The lowest BCUT2D eigenvalue weighted by Crippen LogP contribution is -2.69. The highest BCUT2D eigenvalue weighted by Gasteiger charge is 2.69. The van der Waals surface area contributed by atoms with Crippen LogP contribution in [0.3, 0.4) is 0 Å². The van der Waals surface area contributed by atoms with Gasteiger partial charge in [0.25, 0.3) is 0 Å². The number of nitrogens with zero attached hydrogens (tertiary/aromatic N) is 2. The SMILES string of the molecule is C[C@@H]1OC[C@@H]2[C@H]3C[C@@H]4N(CC[C@@]45c4ccccc4N[C@@H]25)[C@H](C=CC2=CN4CC[C@]56c7ccccc7N[C@H]5[C@H](CO)[C@H]2C[C@H]46)[C@H]31. The summed E-state index contributed by atoms with van der Waals surface area (Å²) in [6, 6.07) is 20.4. The highest BCUT2D eigenvalue weighted by atomic mass is 16.5. The van der Waals surface area contributed by atoms with Gasteiger partial charge in [-0.15, -0.1) is 0 Å². The maximum Gasteiger partial charge on any atom is 0.0596 e. The van der Waals surface area contributed by atoms with Gasteiger partial charge in [-0.1, -0.05) is 48.6 Å². The summed E-state index contributed by atoms with van der Waals surface area (Å²) < 4.78 is 6.68. The molecule has 13 atom stereocenters. The number of aliphatic hydroxyl groups excluding tert-OH is 1. The Morgan fingerprint density at radius 2 is 1.64 bits per heavy atom. The lowest BCUT2D eigenvalue weighted by molar-refractivity contribution is -0.162. The second-order valence-electron chi connectivity index (χ2n) is 15.8. The Hall–Kier alpha value is -2.80. The molecule has 0 radical (unpaired) electrons. The summed E-state index contributed by atoms with van der Waals surface area (Å²) in [5.74, 6) is 2.38. The van der Waals surface area contributed by atoms with Gasteiger partial charge in [-0.3, -0.25) is 4.90 Å². The van der Waals surface area contributed by atoms with Crippen LogP contribution in [0.4, 0.5) is 11.4 Å². The molecule has 3 N–H and O–H groups in total. The van der Waals surface area contributed by atoms with E-state index in [0.29, 0.717) is 53.9 Å². The third-order valence-electron chi connectivity index (χ3n) is 14.8. The summed E-state index contributed by atoms with van der Waals surface area (Å²) in [6.07, 6.45) is 12.8. The average Bonchev–Trinajstić information content (AvgIpc) is 3.81. The van der Waals surface area contributed by atoms with Crippen LogP contribution in [0.1, 0.15) is 43.7 Å². The molecule has 7 heterocycles. The molecule has 44 heavy (non-hydrogen) atoms. The minimum atomic E-state index is 0.114. The number of ether oxygens (including phenoxy) is 1. The summed E-state index contributed by atoms with van der Waals surface area (Å²) in [7, 11) is 0. The van der Waals surface area contributed by atoms with Crippen LogP contribution in [-0.4, -0.2) is 77.5 Å². The van der Waals surface area contributed by atoms with Crippen molar-refractivity contribution < 1.29 is 9.84 Å². The fourth-order valence-corrected chi connectivity index (χ4v) is 13.3. The van der Waals surface area contributed by atoms with Crippen LogP contribution in [0.25, 0.3) is 0 Å². The van der Waals surface area contributed by atoms with E-state index in [4.69, 9.17) is 4.74 Å². The molecule has 6 heteroatoms. The van der Waals surface area contributed by atoms with E-state index >= 15 is 0 Å². The van der Waals surface area contributed by atoms with Crippen molar-refractivity contribution in [2.24, 2.45) is 29.6 Å². The van der Waals surface area contributed by atoms with Crippen molar-refractivity contribution in [1.82, 2.24) is 9.80 Å². The fraction of sp³-hybridized carbons (Fsp3) is 0.579. The van der Waals surface area contributed by atoms with E-state index in [1.54, 1.807) is 5.56 Å². The number of fused-ring (bicyclic) bond motifs is 4. The van der Waals surface area contributed by atoms with Gasteiger partial charge in [0.1, 0.15) is 0 Å². The minimum absolute atomic E-state index is 0.114. The first-order chi connectivity index (χ1) is 21.6. The van der Waals surface area contributed by atoms with Crippen LogP contribution < -0.4 is 10.6 Å². The van der Waals surface area contributed by atoms with Gasteiger partial charge in [0.15, 0.2) is 0 Å². The number of aliphatic hydroxyl groups is 1. The third kappa shape index (κ3) is 2.79. The monoisotopic (exact) mass is 588 g/mol. The first-order valence-electron chi connectivity index (χ1n) is 17.5. The largest absolute Gasteiger partial charge is 0.396 e. The highest BCUT2D eigenvalue weighted by Crippen LogP contribution is 2.65. The molecule has 2 aromatic rings. The van der Waals surface area contributed by atoms with E-state index in [9.17, 15) is 5.11 Å². The molecule has 2 saturated carbocycles. The molecule has 7 aliphatic heterocycles. The van der Waals surface area contributed by atoms with Gasteiger partial charge in [0.05, 0.1) is 12.7 Å². The smallest absolute Gasteiger partial charge is 0.0596 e. The van der Waals surface area contributed by atoms with Crippen molar-refractivity contribution >= 4 is 11.4 Å². The first kappa shape index (κ1) is 25.4. The summed E-state index contributed by atoms with van der Waals surface area (Å²) in [5.41, 5.74) is 7.46. The van der Waals surface area contributed by atoms with Crippen molar-refractivity contribution in [2.45, 2.75) is 79.8 Å². The van der Waals surface area contributed by atoms with Crippen LogP contribution in [0, 0.1) is 29.6 Å². The van der Waals surface area contributed by atoms with E-state index < -0.39 is 0 Å². The second kappa shape index (κ2) is 8.51. The molecule has 9 aliphatic rings. The van der Waals surface area contributed by atoms with Crippen LogP contribution >= 0.6 is 0 Å². The number of piperidine rings is 1. The molecule has 6 nitrogen and oxygen atoms in total. The molecule has 0 amide bonds. The quantitative estimate of drug-likeness (QED) is 0.482. The standard InChI is InChI=1S/C38H44N4O2/c1-21-34-24-17-33-38(28-7-3-5-9-30(28)40-36(38)26(24)20-44-21)13-15-42(33)31(34)11-10-22-18-41-14-12-37-27-6-2-4-8-29(27)39-35(37)25(19-43)23(22)16-32(37)41/h2-11,18,21,23-26,31-36,39-40,43H,12-17,19-20H2,1H3/t21-,23-,24+,25+,26+,31+,32-,33-,34-,35-,36-,37+,38+/m0/s1. The zero-order valence-electron chi connectivity index (χ0n) is 25.6. The maximum absolute atomic E-state index is 11.0.